The summed E-state index contributed by atoms with van der Waals surface area (Å²) in [5, 5.41) is 3.97. The van der Waals surface area contributed by atoms with E-state index in [0.29, 0.717) is 33.7 Å². The van der Waals surface area contributed by atoms with Gasteiger partial charge in [-0.25, -0.2) is 4.98 Å². The lowest BCUT2D eigenvalue weighted by molar-refractivity contribution is -0.116. The Morgan fingerprint density at radius 2 is 1.96 bits per heavy atom. The molecule has 0 saturated heterocycles. The minimum atomic E-state index is -0.103. The molecule has 5 nitrogen and oxygen atoms in total. The summed E-state index contributed by atoms with van der Waals surface area (Å²) >= 11 is 12.1. The van der Waals surface area contributed by atoms with Crippen LogP contribution in [0.5, 0.6) is 0 Å². The Morgan fingerprint density at radius 3 is 2.70 bits per heavy atom. The molecule has 0 bridgehead atoms. The number of benzene rings is 2. The van der Waals surface area contributed by atoms with Crippen molar-refractivity contribution in [1.29, 1.82) is 0 Å². The second-order valence-corrected chi connectivity index (χ2v) is 7.05. The maximum Gasteiger partial charge on any atom is 0.224 e. The Kier molecular flexibility index (Phi) is 6.04. The van der Waals surface area contributed by atoms with Gasteiger partial charge in [0.05, 0.1) is 22.6 Å². The van der Waals surface area contributed by atoms with Gasteiger partial charge >= 0.3 is 0 Å². The van der Waals surface area contributed by atoms with Gasteiger partial charge in [0.15, 0.2) is 11.7 Å². The Hall–Kier alpha value is -2.50. The average molecular weight is 404 g/mol. The van der Waals surface area contributed by atoms with Crippen LogP contribution in [0.3, 0.4) is 0 Å². The number of anilines is 2. The van der Waals surface area contributed by atoms with Crippen molar-refractivity contribution < 1.29 is 9.21 Å². The standard InChI is InChI=1S/C20H19Cl2N3O2/c1-25(2)17-6-4-3-5-16(17)24-19(26)9-10-20-23-12-18(27-20)14-8-7-13(21)11-15(14)22/h3-8,11-12H,9-10H2,1-2H3,(H,24,26). The Labute approximate surface area is 167 Å². The number of nitrogens with one attached hydrogen (secondary N) is 1. The van der Waals surface area contributed by atoms with Crippen LogP contribution in [0.2, 0.25) is 10.0 Å². The lowest BCUT2D eigenvalue weighted by atomic mass is 10.2. The molecule has 2 aromatic carbocycles. The molecule has 3 aromatic rings. The summed E-state index contributed by atoms with van der Waals surface area (Å²) in [4.78, 5) is 18.5. The van der Waals surface area contributed by atoms with Gasteiger partial charge in [-0.3, -0.25) is 4.79 Å². The molecular weight excluding hydrogens is 385 g/mol. The van der Waals surface area contributed by atoms with Gasteiger partial charge in [0.2, 0.25) is 5.91 Å². The lowest BCUT2D eigenvalue weighted by Gasteiger charge is -2.17. The highest BCUT2D eigenvalue weighted by Gasteiger charge is 2.13. The van der Waals surface area contributed by atoms with Gasteiger partial charge in [-0.2, -0.15) is 0 Å². The molecule has 0 radical (unpaired) electrons. The Bertz CT molecular complexity index is 954. The topological polar surface area (TPSA) is 58.4 Å². The number of para-hydroxylation sites is 2. The number of oxazole rings is 1. The van der Waals surface area contributed by atoms with Crippen LogP contribution in [0.4, 0.5) is 11.4 Å². The molecule has 0 aliphatic rings. The van der Waals surface area contributed by atoms with Crippen molar-refractivity contribution in [3.05, 3.63) is 64.6 Å². The molecule has 3 rings (SSSR count). The second kappa shape index (κ2) is 8.46. The van der Waals surface area contributed by atoms with E-state index in [1.54, 1.807) is 24.4 Å². The zero-order chi connectivity index (χ0) is 19.4. The molecule has 0 unspecified atom stereocenters. The normalized spacial score (nSPS) is 10.7. The minimum Gasteiger partial charge on any atom is -0.441 e. The van der Waals surface area contributed by atoms with Gasteiger partial charge in [0.25, 0.3) is 0 Å². The van der Waals surface area contributed by atoms with Crippen molar-refractivity contribution in [2.75, 3.05) is 24.3 Å². The third kappa shape index (κ3) is 4.81. The first kappa shape index (κ1) is 19.3. The summed E-state index contributed by atoms with van der Waals surface area (Å²) < 4.78 is 5.73. The third-order valence-corrected chi connectivity index (χ3v) is 4.52. The predicted molar refractivity (Wildman–Crippen MR) is 110 cm³/mol. The van der Waals surface area contributed by atoms with Gasteiger partial charge in [-0.15, -0.1) is 0 Å². The van der Waals surface area contributed by atoms with Crippen molar-refractivity contribution in [2.45, 2.75) is 12.8 Å². The highest BCUT2D eigenvalue weighted by atomic mass is 35.5. The number of hydrogen-bond acceptors (Lipinski definition) is 4. The highest BCUT2D eigenvalue weighted by molar-refractivity contribution is 6.36. The smallest absolute Gasteiger partial charge is 0.224 e. The maximum atomic E-state index is 12.3. The first-order valence-corrected chi connectivity index (χ1v) is 9.16. The molecular formula is C20H19Cl2N3O2. The van der Waals surface area contributed by atoms with Crippen molar-refractivity contribution in [2.24, 2.45) is 0 Å². The van der Waals surface area contributed by atoms with Crippen LogP contribution in [-0.2, 0) is 11.2 Å². The van der Waals surface area contributed by atoms with E-state index < -0.39 is 0 Å². The van der Waals surface area contributed by atoms with E-state index in [4.69, 9.17) is 27.6 Å². The Balaban J connectivity index is 1.63. The van der Waals surface area contributed by atoms with E-state index >= 15 is 0 Å². The van der Waals surface area contributed by atoms with Crippen molar-refractivity contribution in [3.8, 4) is 11.3 Å². The fourth-order valence-corrected chi connectivity index (χ4v) is 3.14. The lowest BCUT2D eigenvalue weighted by Crippen LogP contribution is -2.16. The third-order valence-electron chi connectivity index (χ3n) is 3.98. The molecule has 1 aromatic heterocycles. The van der Waals surface area contributed by atoms with Crippen molar-refractivity contribution in [1.82, 2.24) is 4.98 Å². The zero-order valence-electron chi connectivity index (χ0n) is 15.0. The number of nitrogens with zero attached hydrogens (tertiary/aromatic N) is 2. The summed E-state index contributed by atoms with van der Waals surface area (Å²) in [6.45, 7) is 0. The van der Waals surface area contributed by atoms with Gasteiger partial charge in [0.1, 0.15) is 0 Å². The molecule has 27 heavy (non-hydrogen) atoms. The number of aryl methyl sites for hydroxylation is 1. The molecule has 0 saturated carbocycles. The summed E-state index contributed by atoms with van der Waals surface area (Å²) in [5.41, 5.74) is 2.43. The minimum absolute atomic E-state index is 0.103. The van der Waals surface area contributed by atoms with Crippen LogP contribution in [0.1, 0.15) is 12.3 Å². The molecule has 1 N–H and O–H groups in total. The average Bonchev–Trinajstić information content (AvgIpc) is 3.09. The number of carbonyl (C=O) groups is 1. The second-order valence-electron chi connectivity index (χ2n) is 6.20. The van der Waals surface area contributed by atoms with Crippen LogP contribution in [0.25, 0.3) is 11.3 Å². The van der Waals surface area contributed by atoms with E-state index in [2.05, 4.69) is 10.3 Å². The molecule has 0 atom stereocenters. The Morgan fingerprint density at radius 1 is 1.19 bits per heavy atom. The van der Waals surface area contributed by atoms with Crippen LogP contribution < -0.4 is 10.2 Å². The fraction of sp³-hybridized carbons (Fsp3) is 0.200. The van der Waals surface area contributed by atoms with Crippen molar-refractivity contribution in [3.63, 3.8) is 0 Å². The number of aromatic nitrogens is 1. The number of amides is 1. The molecule has 0 aliphatic heterocycles. The summed E-state index contributed by atoms with van der Waals surface area (Å²) in [7, 11) is 3.86. The van der Waals surface area contributed by atoms with E-state index in [1.165, 1.54) is 0 Å². The maximum absolute atomic E-state index is 12.3. The molecule has 0 fully saturated rings. The monoisotopic (exact) mass is 403 g/mol. The van der Waals surface area contributed by atoms with Gasteiger partial charge < -0.3 is 14.6 Å². The number of halogens is 2. The zero-order valence-corrected chi connectivity index (χ0v) is 16.5. The van der Waals surface area contributed by atoms with Crippen LogP contribution in [0.15, 0.2) is 53.1 Å². The molecule has 0 spiro atoms. The van der Waals surface area contributed by atoms with Gasteiger partial charge in [-0.05, 0) is 30.3 Å². The van der Waals surface area contributed by atoms with Crippen LogP contribution in [-0.4, -0.2) is 25.0 Å². The molecule has 1 amide bonds. The highest BCUT2D eigenvalue weighted by Crippen LogP contribution is 2.31. The molecule has 140 valence electrons. The van der Waals surface area contributed by atoms with Crippen molar-refractivity contribution >= 4 is 40.5 Å². The number of carbonyl (C=O) groups excluding carboxylic acids is 1. The molecule has 7 heteroatoms. The van der Waals surface area contributed by atoms with E-state index in [9.17, 15) is 4.79 Å². The van der Waals surface area contributed by atoms with Gasteiger partial charge in [-0.1, -0.05) is 35.3 Å². The summed E-state index contributed by atoms with van der Waals surface area (Å²) in [5.74, 6) is 0.922. The van der Waals surface area contributed by atoms with Crippen LogP contribution >= 0.6 is 23.2 Å². The summed E-state index contributed by atoms with van der Waals surface area (Å²) in [6.07, 6.45) is 2.25. The molecule has 1 heterocycles. The predicted octanol–water partition coefficient (Wildman–Crippen LogP) is 5.29. The van der Waals surface area contributed by atoms with E-state index in [0.717, 1.165) is 11.4 Å². The number of rotatable bonds is 6. The first-order chi connectivity index (χ1) is 12.9. The van der Waals surface area contributed by atoms with E-state index in [1.807, 2.05) is 43.3 Å². The fourth-order valence-electron chi connectivity index (χ4n) is 2.64. The summed E-state index contributed by atoms with van der Waals surface area (Å²) in [6, 6.07) is 12.8. The first-order valence-electron chi connectivity index (χ1n) is 8.40. The molecule has 0 aliphatic carbocycles. The van der Waals surface area contributed by atoms with Crippen LogP contribution in [0, 0.1) is 0 Å². The number of hydrogen-bond donors (Lipinski definition) is 1. The largest absolute Gasteiger partial charge is 0.441 e. The van der Waals surface area contributed by atoms with Gasteiger partial charge in [0, 0.05) is 37.5 Å². The SMILES string of the molecule is CN(C)c1ccccc1NC(=O)CCc1ncc(-c2ccc(Cl)cc2Cl)o1. The van der Waals surface area contributed by atoms with E-state index in [-0.39, 0.29) is 12.3 Å². The quantitative estimate of drug-likeness (QED) is 0.607.